The van der Waals surface area contributed by atoms with Gasteiger partial charge in [-0.15, -0.1) is 0 Å². The van der Waals surface area contributed by atoms with Crippen molar-refractivity contribution in [2.45, 2.75) is 0 Å². The monoisotopic (exact) mass is 752 g/mol. The predicted octanol–water partition coefficient (Wildman–Crippen LogP) is 16.2. The van der Waals surface area contributed by atoms with Crippen LogP contribution < -0.4 is 15.4 Å². The van der Waals surface area contributed by atoms with E-state index in [1.807, 2.05) is 24.3 Å². The summed E-state index contributed by atoms with van der Waals surface area (Å²) in [6, 6.07) is 74.0. The summed E-state index contributed by atoms with van der Waals surface area (Å²) in [5, 5.41) is 27.2. The highest BCUT2D eigenvalue weighted by Gasteiger charge is 2.10. The molecule has 12 rings (SSSR count). The van der Waals surface area contributed by atoms with E-state index in [9.17, 15) is 0 Å². The Morgan fingerprint density at radius 1 is 0.237 bits per heavy atom. The van der Waals surface area contributed by atoms with E-state index in [1.54, 1.807) is 0 Å². The van der Waals surface area contributed by atoms with Crippen molar-refractivity contribution in [3.05, 3.63) is 206 Å². The molecule has 12 aromatic carbocycles. The highest BCUT2D eigenvalue weighted by atomic mass is 16.5. The minimum atomic E-state index is 0.779. The molecular formula is C56H36N2O. The van der Waals surface area contributed by atoms with Crippen molar-refractivity contribution < 1.29 is 4.74 Å². The molecule has 12 aromatic rings. The lowest BCUT2D eigenvalue weighted by Crippen LogP contribution is -1.93. The van der Waals surface area contributed by atoms with Gasteiger partial charge in [0.2, 0.25) is 0 Å². The lowest BCUT2D eigenvalue weighted by Gasteiger charge is -2.13. The standard InChI is InChI=1S/C56H36N2O/c1-3-9-37-25-43-31-47-33-53-39(27-45(47)29-41(43)23-35(37)7-1)11-5-13-55(53)57-49-15-19-51(20-16-49)59-52-21-17-50(18-22-52)58-56-14-6-12-40-28-46-30-42-24-36-8-2-4-10-38(36)26-44(42)32-48(46)34-54(40)56/h1-34,57-58H. The van der Waals surface area contributed by atoms with Crippen molar-refractivity contribution in [1.82, 2.24) is 0 Å². The number of ether oxygens (including phenoxy) is 1. The smallest absolute Gasteiger partial charge is 0.127 e. The van der Waals surface area contributed by atoms with Gasteiger partial charge >= 0.3 is 0 Å². The van der Waals surface area contributed by atoms with Crippen LogP contribution in [-0.2, 0) is 0 Å². The van der Waals surface area contributed by atoms with Crippen LogP contribution in [0.3, 0.4) is 0 Å². The minimum absolute atomic E-state index is 0.779. The van der Waals surface area contributed by atoms with Crippen molar-refractivity contribution in [1.29, 1.82) is 0 Å². The first-order valence-corrected chi connectivity index (χ1v) is 20.1. The SMILES string of the molecule is c1ccc2cc3cc4cc5c(Nc6ccc(Oc7ccc(Nc8cccc9cc%10cc%11cc%12ccccc%12cc%11cc%10cc89)cc7)cc6)cccc5cc4cc3cc2c1. The van der Waals surface area contributed by atoms with E-state index in [2.05, 4.69) is 193 Å². The molecule has 0 unspecified atom stereocenters. The average molecular weight is 753 g/mol. The van der Waals surface area contributed by atoms with Crippen molar-refractivity contribution >= 4 is 109 Å². The molecule has 0 saturated carbocycles. The van der Waals surface area contributed by atoms with Crippen LogP contribution in [0, 0.1) is 0 Å². The molecular weight excluding hydrogens is 717 g/mol. The Bertz CT molecular complexity index is 3390. The van der Waals surface area contributed by atoms with Crippen LogP contribution in [0.15, 0.2) is 206 Å². The molecule has 0 saturated heterocycles. The summed E-state index contributed by atoms with van der Waals surface area (Å²) >= 11 is 0. The van der Waals surface area contributed by atoms with E-state index in [0.717, 1.165) is 34.2 Å². The number of rotatable bonds is 6. The highest BCUT2D eigenvalue weighted by molar-refractivity contribution is 6.12. The zero-order valence-corrected chi connectivity index (χ0v) is 32.0. The van der Waals surface area contributed by atoms with Crippen molar-refractivity contribution in [3.63, 3.8) is 0 Å². The molecule has 0 bridgehead atoms. The second-order valence-corrected chi connectivity index (χ2v) is 15.7. The molecule has 3 heteroatoms. The summed E-state index contributed by atoms with van der Waals surface area (Å²) < 4.78 is 6.29. The first kappa shape index (κ1) is 33.3. The quantitative estimate of drug-likeness (QED) is 0.166. The highest BCUT2D eigenvalue weighted by Crippen LogP contribution is 2.37. The zero-order chi connectivity index (χ0) is 38.9. The maximum atomic E-state index is 6.29. The Labute approximate surface area is 340 Å². The van der Waals surface area contributed by atoms with Crippen LogP contribution in [0.2, 0.25) is 0 Å². The number of nitrogens with one attached hydrogen (secondary N) is 2. The Morgan fingerprint density at radius 2 is 0.525 bits per heavy atom. The lowest BCUT2D eigenvalue weighted by atomic mass is 9.97. The number of anilines is 4. The molecule has 0 aromatic heterocycles. The molecule has 0 heterocycles. The second-order valence-electron chi connectivity index (χ2n) is 15.7. The third kappa shape index (κ3) is 6.08. The van der Waals surface area contributed by atoms with Gasteiger partial charge in [-0.2, -0.15) is 0 Å². The molecule has 0 aliphatic rings. The molecule has 0 atom stereocenters. The Balaban J connectivity index is 0.765. The van der Waals surface area contributed by atoms with Crippen molar-refractivity contribution in [2.24, 2.45) is 0 Å². The molecule has 0 radical (unpaired) electrons. The molecule has 0 spiro atoms. The third-order valence-electron chi connectivity index (χ3n) is 11.8. The normalized spacial score (nSPS) is 11.7. The van der Waals surface area contributed by atoms with Crippen LogP contribution in [0.25, 0.3) is 86.2 Å². The summed E-state index contributed by atoms with van der Waals surface area (Å²) in [6.07, 6.45) is 0. The Morgan fingerprint density at radius 3 is 0.881 bits per heavy atom. The summed E-state index contributed by atoms with van der Waals surface area (Å²) in [5.74, 6) is 1.56. The van der Waals surface area contributed by atoms with Gasteiger partial charge in [0.25, 0.3) is 0 Å². The predicted molar refractivity (Wildman–Crippen MR) is 252 cm³/mol. The molecule has 0 amide bonds. The van der Waals surface area contributed by atoms with Crippen LogP contribution in [0.5, 0.6) is 11.5 Å². The zero-order valence-electron chi connectivity index (χ0n) is 32.0. The fraction of sp³-hybridized carbons (Fsp3) is 0. The maximum absolute atomic E-state index is 6.29. The fourth-order valence-electron chi connectivity index (χ4n) is 8.82. The Kier molecular flexibility index (Phi) is 7.54. The molecule has 0 aliphatic heterocycles. The summed E-state index contributed by atoms with van der Waals surface area (Å²) in [6.45, 7) is 0. The molecule has 3 nitrogen and oxygen atoms in total. The fourth-order valence-corrected chi connectivity index (χ4v) is 8.82. The van der Waals surface area contributed by atoms with Crippen LogP contribution >= 0.6 is 0 Å². The minimum Gasteiger partial charge on any atom is -0.457 e. The topological polar surface area (TPSA) is 33.3 Å². The third-order valence-corrected chi connectivity index (χ3v) is 11.8. The van der Waals surface area contributed by atoms with Gasteiger partial charge in [0.15, 0.2) is 0 Å². The van der Waals surface area contributed by atoms with E-state index in [4.69, 9.17) is 4.74 Å². The number of fused-ring (bicyclic) bond motifs is 8. The second kappa shape index (κ2) is 13.4. The number of hydrogen-bond donors (Lipinski definition) is 2. The van der Waals surface area contributed by atoms with E-state index in [-0.39, 0.29) is 0 Å². The van der Waals surface area contributed by atoms with Gasteiger partial charge in [0.1, 0.15) is 11.5 Å². The van der Waals surface area contributed by atoms with Gasteiger partial charge in [-0.3, -0.25) is 0 Å². The van der Waals surface area contributed by atoms with Crippen LogP contribution in [-0.4, -0.2) is 0 Å². The summed E-state index contributed by atoms with van der Waals surface area (Å²) in [4.78, 5) is 0. The van der Waals surface area contributed by atoms with Gasteiger partial charge in [0, 0.05) is 33.5 Å². The largest absolute Gasteiger partial charge is 0.457 e. The van der Waals surface area contributed by atoms with E-state index < -0.39 is 0 Å². The lowest BCUT2D eigenvalue weighted by molar-refractivity contribution is 0.483. The van der Waals surface area contributed by atoms with Gasteiger partial charge in [-0.1, -0.05) is 72.8 Å². The van der Waals surface area contributed by atoms with Gasteiger partial charge in [-0.25, -0.2) is 0 Å². The number of benzene rings is 12. The van der Waals surface area contributed by atoms with Crippen LogP contribution in [0.4, 0.5) is 22.7 Å². The molecule has 59 heavy (non-hydrogen) atoms. The van der Waals surface area contributed by atoms with Crippen LogP contribution in [0.1, 0.15) is 0 Å². The first-order valence-electron chi connectivity index (χ1n) is 20.1. The summed E-state index contributed by atoms with van der Waals surface area (Å²) in [5.41, 5.74) is 4.14. The number of hydrogen-bond acceptors (Lipinski definition) is 3. The van der Waals surface area contributed by atoms with E-state index in [0.29, 0.717) is 0 Å². The van der Waals surface area contributed by atoms with Crippen molar-refractivity contribution in [3.8, 4) is 11.5 Å². The molecule has 276 valence electrons. The summed E-state index contributed by atoms with van der Waals surface area (Å²) in [7, 11) is 0. The Hall–Kier alpha value is -7.88. The van der Waals surface area contributed by atoms with E-state index in [1.165, 1.54) is 86.2 Å². The van der Waals surface area contributed by atoms with E-state index >= 15 is 0 Å². The van der Waals surface area contributed by atoms with Gasteiger partial charge in [-0.05, 0) is 209 Å². The maximum Gasteiger partial charge on any atom is 0.127 e. The molecule has 0 fully saturated rings. The average Bonchev–Trinajstić information content (AvgIpc) is 3.26. The van der Waals surface area contributed by atoms with Gasteiger partial charge in [0.05, 0.1) is 0 Å². The first-order chi connectivity index (χ1) is 29.1. The van der Waals surface area contributed by atoms with Gasteiger partial charge < -0.3 is 15.4 Å². The molecule has 2 N–H and O–H groups in total. The van der Waals surface area contributed by atoms with Crippen molar-refractivity contribution in [2.75, 3.05) is 10.6 Å². The molecule has 0 aliphatic carbocycles.